The summed E-state index contributed by atoms with van der Waals surface area (Å²) < 4.78 is 2.03. The number of thioether (sulfide) groups is 1. The van der Waals surface area contributed by atoms with Gasteiger partial charge in [-0.2, -0.15) is 0 Å². The number of para-hydroxylation sites is 1. The molecule has 3 aromatic rings. The maximum absolute atomic E-state index is 12.4. The van der Waals surface area contributed by atoms with Crippen LogP contribution in [0, 0.1) is 5.92 Å². The predicted octanol–water partition coefficient (Wildman–Crippen LogP) is 2.87. The van der Waals surface area contributed by atoms with Crippen LogP contribution in [0.3, 0.4) is 0 Å². The number of hydrogen-bond donors (Lipinski definition) is 0. The van der Waals surface area contributed by atoms with Gasteiger partial charge in [0.1, 0.15) is 5.52 Å². The van der Waals surface area contributed by atoms with Crippen molar-refractivity contribution in [1.82, 2.24) is 24.6 Å². The minimum Gasteiger partial charge on any atom is -0.342 e. The van der Waals surface area contributed by atoms with E-state index in [1.165, 1.54) is 18.2 Å². The normalized spacial score (nSPS) is 18.2. The first-order valence-electron chi connectivity index (χ1n) is 8.62. The summed E-state index contributed by atoms with van der Waals surface area (Å²) in [6.07, 6.45) is 2.30. The van der Waals surface area contributed by atoms with Crippen LogP contribution in [0.4, 0.5) is 0 Å². The first kappa shape index (κ1) is 16.3. The molecule has 2 aromatic heterocycles. The van der Waals surface area contributed by atoms with Gasteiger partial charge in [-0.1, -0.05) is 36.9 Å². The zero-order chi connectivity index (χ0) is 17.4. The molecule has 1 saturated heterocycles. The summed E-state index contributed by atoms with van der Waals surface area (Å²) in [5.41, 5.74) is 2.69. The highest BCUT2D eigenvalue weighted by molar-refractivity contribution is 7.99. The molecule has 25 heavy (non-hydrogen) atoms. The molecule has 6 nitrogen and oxygen atoms in total. The number of rotatable bonds is 3. The molecular formula is C18H21N5OS. The van der Waals surface area contributed by atoms with Crippen LogP contribution in [0.1, 0.15) is 19.8 Å². The summed E-state index contributed by atoms with van der Waals surface area (Å²) >= 11 is 1.37. The Morgan fingerprint density at radius 3 is 3.00 bits per heavy atom. The SMILES string of the molecule is C[C@H]1CCCN(C(=O)CSc2nnc3c4ccccc4n(C)c3n2)C1. The van der Waals surface area contributed by atoms with Crippen molar-refractivity contribution in [1.29, 1.82) is 0 Å². The number of benzene rings is 1. The molecule has 0 spiro atoms. The number of aromatic nitrogens is 4. The van der Waals surface area contributed by atoms with Gasteiger partial charge >= 0.3 is 0 Å². The molecule has 1 atom stereocenters. The van der Waals surface area contributed by atoms with Crippen molar-refractivity contribution >= 4 is 39.7 Å². The van der Waals surface area contributed by atoms with Crippen LogP contribution in [0.25, 0.3) is 22.1 Å². The number of amides is 1. The standard InChI is InChI=1S/C18H21N5OS/c1-12-6-5-9-23(10-12)15(24)11-25-18-19-17-16(20-21-18)13-7-3-4-8-14(13)22(17)2/h3-4,7-8,12H,5-6,9-11H2,1-2H3/t12-/m0/s1. The Hall–Kier alpha value is -2.15. The number of piperidine rings is 1. The molecule has 1 fully saturated rings. The maximum atomic E-state index is 12.4. The van der Waals surface area contributed by atoms with Gasteiger partial charge in [-0.25, -0.2) is 4.98 Å². The van der Waals surface area contributed by atoms with E-state index >= 15 is 0 Å². The number of aryl methyl sites for hydroxylation is 1. The predicted molar refractivity (Wildman–Crippen MR) is 99.5 cm³/mol. The molecule has 0 radical (unpaired) electrons. The Bertz CT molecular complexity index is 938. The van der Waals surface area contributed by atoms with Crippen LogP contribution in [0.2, 0.25) is 0 Å². The van der Waals surface area contributed by atoms with Gasteiger partial charge in [0, 0.05) is 25.5 Å². The van der Waals surface area contributed by atoms with Crippen LogP contribution in [0.5, 0.6) is 0 Å². The Morgan fingerprint density at radius 2 is 2.16 bits per heavy atom. The largest absolute Gasteiger partial charge is 0.342 e. The van der Waals surface area contributed by atoms with E-state index in [-0.39, 0.29) is 5.91 Å². The molecular weight excluding hydrogens is 334 g/mol. The molecule has 7 heteroatoms. The average Bonchev–Trinajstić information content (AvgIpc) is 2.92. The summed E-state index contributed by atoms with van der Waals surface area (Å²) in [5.74, 6) is 1.12. The lowest BCUT2D eigenvalue weighted by Crippen LogP contribution is -2.40. The molecule has 4 rings (SSSR count). The molecule has 1 aliphatic heterocycles. The lowest BCUT2D eigenvalue weighted by molar-refractivity contribution is -0.130. The van der Waals surface area contributed by atoms with E-state index in [0.29, 0.717) is 16.8 Å². The first-order chi connectivity index (χ1) is 12.1. The van der Waals surface area contributed by atoms with Crippen LogP contribution in [-0.4, -0.2) is 49.4 Å². The van der Waals surface area contributed by atoms with Crippen LogP contribution in [-0.2, 0) is 11.8 Å². The van der Waals surface area contributed by atoms with Crippen molar-refractivity contribution in [2.45, 2.75) is 24.9 Å². The van der Waals surface area contributed by atoms with Gasteiger partial charge in [0.2, 0.25) is 11.1 Å². The van der Waals surface area contributed by atoms with Gasteiger partial charge in [0.05, 0.1) is 11.3 Å². The molecule has 1 aromatic carbocycles. The lowest BCUT2D eigenvalue weighted by Gasteiger charge is -2.30. The molecule has 0 unspecified atom stereocenters. The molecule has 1 amide bonds. The Labute approximate surface area is 150 Å². The topological polar surface area (TPSA) is 63.9 Å². The summed E-state index contributed by atoms with van der Waals surface area (Å²) in [4.78, 5) is 19.0. The second-order valence-electron chi connectivity index (χ2n) is 6.72. The van der Waals surface area contributed by atoms with Crippen molar-refractivity contribution < 1.29 is 4.79 Å². The number of hydrogen-bond acceptors (Lipinski definition) is 5. The molecule has 0 saturated carbocycles. The smallest absolute Gasteiger partial charge is 0.233 e. The summed E-state index contributed by atoms with van der Waals surface area (Å²) in [5, 5.41) is 10.2. The Balaban J connectivity index is 1.53. The van der Waals surface area contributed by atoms with Crippen molar-refractivity contribution in [2.24, 2.45) is 13.0 Å². The third kappa shape index (κ3) is 3.08. The van der Waals surface area contributed by atoms with E-state index in [0.717, 1.165) is 41.6 Å². The van der Waals surface area contributed by atoms with Gasteiger partial charge in [-0.05, 0) is 24.8 Å². The van der Waals surface area contributed by atoms with Crippen LogP contribution in [0.15, 0.2) is 29.4 Å². The number of likely N-dealkylation sites (tertiary alicyclic amines) is 1. The molecule has 130 valence electrons. The highest BCUT2D eigenvalue weighted by Crippen LogP contribution is 2.26. The number of carbonyl (C=O) groups excluding carboxylic acids is 1. The zero-order valence-corrected chi connectivity index (χ0v) is 15.3. The molecule has 0 N–H and O–H groups in total. The van der Waals surface area contributed by atoms with Gasteiger partial charge in [-0.15, -0.1) is 10.2 Å². The molecule has 0 aliphatic carbocycles. The average molecular weight is 355 g/mol. The Morgan fingerprint density at radius 1 is 1.32 bits per heavy atom. The molecule has 0 bridgehead atoms. The Kier molecular flexibility index (Phi) is 4.33. The summed E-state index contributed by atoms with van der Waals surface area (Å²) in [6.45, 7) is 3.93. The number of fused-ring (bicyclic) bond motifs is 3. The van der Waals surface area contributed by atoms with Gasteiger partial charge in [-0.3, -0.25) is 4.79 Å². The highest BCUT2D eigenvalue weighted by atomic mass is 32.2. The first-order valence-corrected chi connectivity index (χ1v) is 9.60. The highest BCUT2D eigenvalue weighted by Gasteiger charge is 2.21. The minimum absolute atomic E-state index is 0.164. The van der Waals surface area contributed by atoms with Crippen molar-refractivity contribution in [3.63, 3.8) is 0 Å². The van der Waals surface area contributed by atoms with Gasteiger partial charge in [0.15, 0.2) is 5.65 Å². The lowest BCUT2D eigenvalue weighted by atomic mass is 10.0. The quantitative estimate of drug-likeness (QED) is 0.676. The van der Waals surface area contributed by atoms with Crippen LogP contribution < -0.4 is 0 Å². The van der Waals surface area contributed by atoms with E-state index in [9.17, 15) is 4.79 Å². The van der Waals surface area contributed by atoms with E-state index in [2.05, 4.69) is 22.1 Å². The fraction of sp³-hybridized carbons (Fsp3) is 0.444. The fourth-order valence-electron chi connectivity index (χ4n) is 3.49. The monoisotopic (exact) mass is 355 g/mol. The zero-order valence-electron chi connectivity index (χ0n) is 14.5. The van der Waals surface area contributed by atoms with Crippen molar-refractivity contribution in [2.75, 3.05) is 18.8 Å². The van der Waals surface area contributed by atoms with E-state index in [1.807, 2.05) is 40.8 Å². The minimum atomic E-state index is 0.164. The maximum Gasteiger partial charge on any atom is 0.233 e. The fourth-order valence-corrected chi connectivity index (χ4v) is 4.17. The van der Waals surface area contributed by atoms with E-state index < -0.39 is 0 Å². The number of carbonyl (C=O) groups is 1. The summed E-state index contributed by atoms with van der Waals surface area (Å²) in [7, 11) is 1.98. The van der Waals surface area contributed by atoms with Crippen molar-refractivity contribution in [3.05, 3.63) is 24.3 Å². The molecule has 1 aliphatic rings. The third-order valence-corrected chi connectivity index (χ3v) is 5.64. The van der Waals surface area contributed by atoms with E-state index in [4.69, 9.17) is 0 Å². The molecule has 3 heterocycles. The van der Waals surface area contributed by atoms with Gasteiger partial charge < -0.3 is 9.47 Å². The van der Waals surface area contributed by atoms with E-state index in [1.54, 1.807) is 0 Å². The van der Waals surface area contributed by atoms with Gasteiger partial charge in [0.25, 0.3) is 0 Å². The number of nitrogens with zero attached hydrogens (tertiary/aromatic N) is 5. The summed E-state index contributed by atoms with van der Waals surface area (Å²) in [6, 6.07) is 8.07. The second kappa shape index (κ2) is 6.63. The second-order valence-corrected chi connectivity index (χ2v) is 7.66. The third-order valence-electron chi connectivity index (χ3n) is 4.82. The van der Waals surface area contributed by atoms with Crippen LogP contribution >= 0.6 is 11.8 Å². The van der Waals surface area contributed by atoms with Crippen molar-refractivity contribution in [3.8, 4) is 0 Å².